The third kappa shape index (κ3) is 3.47. The number of rotatable bonds is 3. The van der Waals surface area contributed by atoms with Crippen molar-refractivity contribution in [3.8, 4) is 0 Å². The molecule has 1 aromatic heterocycles. The van der Waals surface area contributed by atoms with Gasteiger partial charge >= 0.3 is 0 Å². The summed E-state index contributed by atoms with van der Waals surface area (Å²) in [4.78, 5) is 24.2. The zero-order chi connectivity index (χ0) is 15.4. The van der Waals surface area contributed by atoms with Gasteiger partial charge in [-0.05, 0) is 44.7 Å². The van der Waals surface area contributed by atoms with Crippen molar-refractivity contribution >= 4 is 11.8 Å². The molecule has 0 bridgehead atoms. The molecule has 2 fully saturated rings. The van der Waals surface area contributed by atoms with Gasteiger partial charge in [-0.3, -0.25) is 14.3 Å². The molecule has 3 N–H and O–H groups in total. The summed E-state index contributed by atoms with van der Waals surface area (Å²) in [5.41, 5.74) is 0.377. The van der Waals surface area contributed by atoms with E-state index in [0.717, 1.165) is 38.8 Å². The molecular formula is C15H23N5O2. The maximum Gasteiger partial charge on any atom is 0.272 e. The van der Waals surface area contributed by atoms with E-state index >= 15 is 0 Å². The average molecular weight is 305 g/mol. The zero-order valence-electron chi connectivity index (χ0n) is 12.7. The minimum absolute atomic E-state index is 0.0956. The van der Waals surface area contributed by atoms with Crippen LogP contribution in [0.1, 0.15) is 48.6 Å². The number of aromatic nitrogens is 2. The van der Waals surface area contributed by atoms with Crippen molar-refractivity contribution in [1.29, 1.82) is 0 Å². The fourth-order valence-corrected chi connectivity index (χ4v) is 3.03. The number of nitrogens with one attached hydrogen (secondary N) is 3. The van der Waals surface area contributed by atoms with E-state index in [0.29, 0.717) is 24.7 Å². The smallest absolute Gasteiger partial charge is 0.272 e. The van der Waals surface area contributed by atoms with Crippen LogP contribution in [0.4, 0.5) is 0 Å². The number of nitrogens with zero attached hydrogens (tertiary/aromatic N) is 2. The molecule has 120 valence electrons. The molecule has 2 atom stereocenters. The highest BCUT2D eigenvalue weighted by atomic mass is 16.2. The summed E-state index contributed by atoms with van der Waals surface area (Å²) >= 11 is 0. The lowest BCUT2D eigenvalue weighted by Crippen LogP contribution is -2.45. The van der Waals surface area contributed by atoms with Crippen LogP contribution >= 0.6 is 0 Å². The molecule has 3 heterocycles. The predicted octanol–water partition coefficient (Wildman–Crippen LogP) is 0.206. The van der Waals surface area contributed by atoms with Crippen molar-refractivity contribution in [2.75, 3.05) is 19.6 Å². The number of hydrogen-bond acceptors (Lipinski definition) is 4. The molecule has 0 aromatic carbocycles. The molecule has 0 radical (unpaired) electrons. The maximum absolute atomic E-state index is 12.3. The second-order valence-corrected chi connectivity index (χ2v) is 5.99. The Morgan fingerprint density at radius 1 is 1.27 bits per heavy atom. The second-order valence-electron chi connectivity index (χ2n) is 5.99. The van der Waals surface area contributed by atoms with Gasteiger partial charge in [0.25, 0.3) is 5.91 Å². The molecule has 0 spiro atoms. The van der Waals surface area contributed by atoms with E-state index < -0.39 is 6.04 Å². The monoisotopic (exact) mass is 305 g/mol. The SMILES string of the molecule is O=C(NC1CCCCNC1=O)c1ccn(C2CCCNC2)n1. The standard InChI is InChI=1S/C15H23N5O2/c21-14-12(5-1-2-8-17-14)18-15(22)13-6-9-20(19-13)11-4-3-7-16-10-11/h6,9,11-12,16H,1-5,7-8,10H2,(H,17,21)(H,18,22). The summed E-state index contributed by atoms with van der Waals surface area (Å²) in [6, 6.07) is 1.58. The molecule has 22 heavy (non-hydrogen) atoms. The van der Waals surface area contributed by atoms with Gasteiger partial charge in [-0.25, -0.2) is 0 Å². The summed E-state index contributed by atoms with van der Waals surface area (Å²) in [6.07, 6.45) is 6.62. The van der Waals surface area contributed by atoms with Gasteiger partial charge < -0.3 is 16.0 Å². The van der Waals surface area contributed by atoms with E-state index in [2.05, 4.69) is 21.0 Å². The molecule has 2 saturated heterocycles. The largest absolute Gasteiger partial charge is 0.354 e. The van der Waals surface area contributed by atoms with Crippen molar-refractivity contribution in [3.05, 3.63) is 18.0 Å². The first-order valence-electron chi connectivity index (χ1n) is 8.08. The summed E-state index contributed by atoms with van der Waals surface area (Å²) in [6.45, 7) is 2.62. The van der Waals surface area contributed by atoms with Crippen LogP contribution in [0, 0.1) is 0 Å². The van der Waals surface area contributed by atoms with Crippen LogP contribution in [-0.4, -0.2) is 47.3 Å². The summed E-state index contributed by atoms with van der Waals surface area (Å²) in [5.74, 6) is -0.369. The Hall–Kier alpha value is -1.89. The van der Waals surface area contributed by atoms with E-state index in [9.17, 15) is 9.59 Å². The second kappa shape index (κ2) is 6.91. The normalized spacial score (nSPS) is 26.1. The van der Waals surface area contributed by atoms with Crippen LogP contribution < -0.4 is 16.0 Å². The van der Waals surface area contributed by atoms with Crippen molar-refractivity contribution < 1.29 is 9.59 Å². The number of amides is 2. The molecule has 2 amide bonds. The first kappa shape index (κ1) is 15.0. The van der Waals surface area contributed by atoms with Gasteiger partial charge in [-0.1, -0.05) is 0 Å². The van der Waals surface area contributed by atoms with Crippen molar-refractivity contribution in [2.24, 2.45) is 0 Å². The van der Waals surface area contributed by atoms with E-state index in [1.54, 1.807) is 6.07 Å². The molecule has 2 unspecified atom stereocenters. The Morgan fingerprint density at radius 3 is 3.00 bits per heavy atom. The highest BCUT2D eigenvalue weighted by Gasteiger charge is 2.24. The Morgan fingerprint density at radius 2 is 2.18 bits per heavy atom. The van der Waals surface area contributed by atoms with Gasteiger partial charge in [0.15, 0.2) is 0 Å². The van der Waals surface area contributed by atoms with Crippen LogP contribution in [0.3, 0.4) is 0 Å². The third-order valence-corrected chi connectivity index (χ3v) is 4.33. The van der Waals surface area contributed by atoms with Crippen molar-refractivity contribution in [2.45, 2.75) is 44.2 Å². The predicted molar refractivity (Wildman–Crippen MR) is 81.5 cm³/mol. The number of carbonyl (C=O) groups is 2. The maximum atomic E-state index is 12.3. The first-order chi connectivity index (χ1) is 10.7. The van der Waals surface area contributed by atoms with Gasteiger partial charge in [0.2, 0.25) is 5.91 Å². The van der Waals surface area contributed by atoms with E-state index in [4.69, 9.17) is 0 Å². The van der Waals surface area contributed by atoms with Crippen LogP contribution in [0.15, 0.2) is 12.3 Å². The number of hydrogen-bond donors (Lipinski definition) is 3. The van der Waals surface area contributed by atoms with Crippen LogP contribution in [-0.2, 0) is 4.79 Å². The lowest BCUT2D eigenvalue weighted by Gasteiger charge is -2.22. The number of piperidine rings is 1. The van der Waals surface area contributed by atoms with Crippen LogP contribution in [0.5, 0.6) is 0 Å². The summed E-state index contributed by atoms with van der Waals surface area (Å²) in [5, 5.41) is 13.3. The molecule has 3 rings (SSSR count). The Kier molecular flexibility index (Phi) is 4.72. The van der Waals surface area contributed by atoms with Gasteiger partial charge in [-0.15, -0.1) is 0 Å². The summed E-state index contributed by atoms with van der Waals surface area (Å²) in [7, 11) is 0. The van der Waals surface area contributed by atoms with Gasteiger partial charge in [0.05, 0.1) is 6.04 Å². The molecule has 0 aliphatic carbocycles. The lowest BCUT2D eigenvalue weighted by molar-refractivity contribution is -0.122. The Labute approximate surface area is 129 Å². The van der Waals surface area contributed by atoms with Crippen LogP contribution in [0.2, 0.25) is 0 Å². The minimum Gasteiger partial charge on any atom is -0.354 e. The summed E-state index contributed by atoms with van der Waals surface area (Å²) < 4.78 is 1.86. The molecule has 7 nitrogen and oxygen atoms in total. The Balaban J connectivity index is 1.62. The average Bonchev–Trinajstić information content (AvgIpc) is 2.96. The molecule has 0 saturated carbocycles. The highest BCUT2D eigenvalue weighted by Crippen LogP contribution is 2.16. The first-order valence-corrected chi connectivity index (χ1v) is 8.08. The molecule has 7 heteroatoms. The van der Waals surface area contributed by atoms with Crippen molar-refractivity contribution in [3.63, 3.8) is 0 Å². The van der Waals surface area contributed by atoms with Gasteiger partial charge in [0.1, 0.15) is 11.7 Å². The quantitative estimate of drug-likeness (QED) is 0.745. The van der Waals surface area contributed by atoms with Crippen LogP contribution in [0.25, 0.3) is 0 Å². The van der Waals surface area contributed by atoms with E-state index in [-0.39, 0.29) is 11.8 Å². The molecule has 2 aliphatic rings. The fourth-order valence-electron chi connectivity index (χ4n) is 3.03. The fraction of sp³-hybridized carbons (Fsp3) is 0.667. The minimum atomic E-state index is -0.448. The third-order valence-electron chi connectivity index (χ3n) is 4.33. The van der Waals surface area contributed by atoms with E-state index in [1.807, 2.05) is 10.9 Å². The number of carbonyl (C=O) groups excluding carboxylic acids is 2. The van der Waals surface area contributed by atoms with Gasteiger partial charge in [-0.2, -0.15) is 5.10 Å². The molecule has 2 aliphatic heterocycles. The molecule has 1 aromatic rings. The van der Waals surface area contributed by atoms with Crippen molar-refractivity contribution in [1.82, 2.24) is 25.7 Å². The van der Waals surface area contributed by atoms with Gasteiger partial charge in [0, 0.05) is 19.3 Å². The highest BCUT2D eigenvalue weighted by molar-refractivity contribution is 5.96. The van der Waals surface area contributed by atoms with E-state index in [1.165, 1.54) is 0 Å². The zero-order valence-corrected chi connectivity index (χ0v) is 12.7. The lowest BCUT2D eigenvalue weighted by atomic mass is 10.1. The molecular weight excluding hydrogens is 282 g/mol. The topological polar surface area (TPSA) is 88.0 Å². The Bertz CT molecular complexity index is 536.